The van der Waals surface area contributed by atoms with Crippen molar-refractivity contribution in [2.45, 2.75) is 52.3 Å². The van der Waals surface area contributed by atoms with Gasteiger partial charge in [0.15, 0.2) is 0 Å². The van der Waals surface area contributed by atoms with Crippen LogP contribution in [0.1, 0.15) is 53.5 Å². The smallest absolute Gasteiger partial charge is 0.418 e. The van der Waals surface area contributed by atoms with Crippen LogP contribution in [0.4, 0.5) is 13.2 Å². The van der Waals surface area contributed by atoms with E-state index in [2.05, 4.69) is 0 Å². The molecule has 3 nitrogen and oxygen atoms in total. The Hall–Kier alpha value is -1.46. The zero-order chi connectivity index (χ0) is 14.9. The normalized spacial score (nSPS) is 14.4. The highest BCUT2D eigenvalue weighted by Crippen LogP contribution is 2.40. The molecule has 1 aromatic rings. The van der Waals surface area contributed by atoms with Gasteiger partial charge in [0.25, 0.3) is 0 Å². The second-order valence-electron chi connectivity index (χ2n) is 5.02. The van der Waals surface area contributed by atoms with E-state index >= 15 is 0 Å². The van der Waals surface area contributed by atoms with E-state index in [0.717, 1.165) is 12.8 Å². The summed E-state index contributed by atoms with van der Waals surface area (Å²) in [5.74, 6) is -0.843. The van der Waals surface area contributed by atoms with Gasteiger partial charge in [-0.1, -0.05) is 13.3 Å². The summed E-state index contributed by atoms with van der Waals surface area (Å²) < 4.78 is 46.2. The molecule has 0 saturated heterocycles. The third kappa shape index (κ3) is 2.55. The molecular weight excluding hydrogens is 271 g/mol. The predicted molar refractivity (Wildman–Crippen MR) is 67.7 cm³/mol. The Morgan fingerprint density at radius 3 is 2.70 bits per heavy atom. The third-order valence-electron chi connectivity index (χ3n) is 3.65. The van der Waals surface area contributed by atoms with E-state index in [9.17, 15) is 18.0 Å². The van der Waals surface area contributed by atoms with Crippen molar-refractivity contribution in [1.29, 1.82) is 0 Å². The number of fused-ring (bicyclic) bond motifs is 1. The fourth-order valence-corrected chi connectivity index (χ4v) is 2.71. The van der Waals surface area contributed by atoms with E-state index in [-0.39, 0.29) is 17.9 Å². The average Bonchev–Trinajstić information content (AvgIpc) is 2.90. The Balaban J connectivity index is 2.40. The Kier molecular flexibility index (Phi) is 4.11. The Labute approximate surface area is 115 Å². The van der Waals surface area contributed by atoms with Crippen LogP contribution in [0.5, 0.6) is 0 Å². The number of carbonyl (C=O) groups excluding carboxylic acids is 1. The van der Waals surface area contributed by atoms with E-state index in [0.29, 0.717) is 25.1 Å². The fourth-order valence-electron chi connectivity index (χ4n) is 2.71. The van der Waals surface area contributed by atoms with Crippen LogP contribution in [0, 0.1) is 6.92 Å². The summed E-state index contributed by atoms with van der Waals surface area (Å²) in [6.07, 6.45) is -1.78. The van der Waals surface area contributed by atoms with Gasteiger partial charge in [-0.3, -0.25) is 0 Å². The SMILES string of the molecule is CCCCOC(=O)c1c(C(F)(F)F)c(C)n2c1CCC2. The number of rotatable bonds is 4. The molecule has 0 fully saturated rings. The van der Waals surface area contributed by atoms with Crippen LogP contribution < -0.4 is 0 Å². The van der Waals surface area contributed by atoms with Gasteiger partial charge in [-0.05, 0) is 26.2 Å². The molecular formula is C14H18F3NO2. The lowest BCUT2D eigenvalue weighted by Crippen LogP contribution is -2.16. The van der Waals surface area contributed by atoms with Gasteiger partial charge >= 0.3 is 12.1 Å². The lowest BCUT2D eigenvalue weighted by molar-refractivity contribution is -0.138. The van der Waals surface area contributed by atoms with Gasteiger partial charge in [0.2, 0.25) is 0 Å². The second-order valence-corrected chi connectivity index (χ2v) is 5.02. The van der Waals surface area contributed by atoms with E-state index in [1.807, 2.05) is 6.92 Å². The quantitative estimate of drug-likeness (QED) is 0.625. The first-order valence-electron chi connectivity index (χ1n) is 6.84. The number of halogens is 3. The zero-order valence-corrected chi connectivity index (χ0v) is 11.6. The maximum absolute atomic E-state index is 13.2. The van der Waals surface area contributed by atoms with Crippen LogP contribution in [-0.2, 0) is 23.9 Å². The maximum Gasteiger partial charge on any atom is 0.418 e. The van der Waals surface area contributed by atoms with Crippen molar-refractivity contribution in [3.63, 3.8) is 0 Å². The maximum atomic E-state index is 13.2. The van der Waals surface area contributed by atoms with E-state index in [4.69, 9.17) is 4.74 Å². The molecule has 112 valence electrons. The number of hydrogen-bond donors (Lipinski definition) is 0. The highest BCUT2D eigenvalue weighted by molar-refractivity contribution is 5.93. The summed E-state index contributed by atoms with van der Waals surface area (Å²) in [6.45, 7) is 4.04. The van der Waals surface area contributed by atoms with Crippen LogP contribution in [0.2, 0.25) is 0 Å². The molecule has 2 rings (SSSR count). The molecule has 1 aromatic heterocycles. The van der Waals surface area contributed by atoms with Gasteiger partial charge in [-0.2, -0.15) is 13.2 Å². The van der Waals surface area contributed by atoms with Crippen LogP contribution in [0.15, 0.2) is 0 Å². The Morgan fingerprint density at radius 2 is 2.10 bits per heavy atom. The number of hydrogen-bond acceptors (Lipinski definition) is 2. The molecule has 0 N–H and O–H groups in total. The minimum Gasteiger partial charge on any atom is -0.462 e. The Bertz CT molecular complexity index is 517. The summed E-state index contributed by atoms with van der Waals surface area (Å²) in [5.41, 5.74) is -0.513. The first-order valence-corrected chi connectivity index (χ1v) is 6.84. The molecule has 0 aliphatic carbocycles. The highest BCUT2D eigenvalue weighted by atomic mass is 19.4. The molecule has 6 heteroatoms. The number of alkyl halides is 3. The van der Waals surface area contributed by atoms with Crippen molar-refractivity contribution < 1.29 is 22.7 Å². The van der Waals surface area contributed by atoms with Gasteiger partial charge in [0.05, 0.1) is 17.7 Å². The summed E-state index contributed by atoms with van der Waals surface area (Å²) in [6, 6.07) is 0. The van der Waals surface area contributed by atoms with Gasteiger partial charge in [-0.15, -0.1) is 0 Å². The molecule has 0 amide bonds. The third-order valence-corrected chi connectivity index (χ3v) is 3.65. The molecule has 0 atom stereocenters. The molecule has 0 spiro atoms. The van der Waals surface area contributed by atoms with Crippen molar-refractivity contribution >= 4 is 5.97 Å². The number of esters is 1. The summed E-state index contributed by atoms with van der Waals surface area (Å²) >= 11 is 0. The molecule has 0 unspecified atom stereocenters. The first-order chi connectivity index (χ1) is 9.38. The number of carbonyl (C=O) groups is 1. The summed E-state index contributed by atoms with van der Waals surface area (Å²) in [5, 5.41) is 0. The minimum absolute atomic E-state index is 0.118. The summed E-state index contributed by atoms with van der Waals surface area (Å²) in [4.78, 5) is 12.0. The molecule has 0 radical (unpaired) electrons. The number of ether oxygens (including phenoxy) is 1. The molecule has 0 aromatic carbocycles. The molecule has 2 heterocycles. The Morgan fingerprint density at radius 1 is 1.40 bits per heavy atom. The number of nitrogens with zero attached hydrogens (tertiary/aromatic N) is 1. The van der Waals surface area contributed by atoms with Crippen molar-refractivity contribution in [2.75, 3.05) is 6.61 Å². The summed E-state index contributed by atoms with van der Waals surface area (Å²) in [7, 11) is 0. The fraction of sp³-hybridized carbons (Fsp3) is 0.643. The average molecular weight is 289 g/mol. The van der Waals surface area contributed by atoms with Gasteiger partial charge < -0.3 is 9.30 Å². The minimum atomic E-state index is -4.53. The molecule has 0 saturated carbocycles. The van der Waals surface area contributed by atoms with Gasteiger partial charge in [0, 0.05) is 17.9 Å². The lowest BCUT2D eigenvalue weighted by atomic mass is 10.1. The molecule has 20 heavy (non-hydrogen) atoms. The van der Waals surface area contributed by atoms with Crippen molar-refractivity contribution in [3.05, 3.63) is 22.5 Å². The van der Waals surface area contributed by atoms with E-state index in [1.54, 1.807) is 4.57 Å². The predicted octanol–water partition coefficient (Wildman–Crippen LogP) is 3.72. The monoisotopic (exact) mass is 289 g/mol. The zero-order valence-electron chi connectivity index (χ0n) is 11.6. The number of aromatic nitrogens is 1. The molecule has 0 bridgehead atoms. The first kappa shape index (κ1) is 14.9. The van der Waals surface area contributed by atoms with Crippen molar-refractivity contribution in [3.8, 4) is 0 Å². The number of unbranched alkanes of at least 4 members (excludes halogenated alkanes) is 1. The van der Waals surface area contributed by atoms with E-state index in [1.165, 1.54) is 6.92 Å². The van der Waals surface area contributed by atoms with Gasteiger partial charge in [0.1, 0.15) is 0 Å². The highest BCUT2D eigenvalue weighted by Gasteiger charge is 2.43. The largest absolute Gasteiger partial charge is 0.462 e. The molecule has 1 aliphatic heterocycles. The van der Waals surface area contributed by atoms with E-state index < -0.39 is 17.7 Å². The van der Waals surface area contributed by atoms with Crippen LogP contribution in [-0.4, -0.2) is 17.1 Å². The molecule has 1 aliphatic rings. The van der Waals surface area contributed by atoms with Crippen LogP contribution >= 0.6 is 0 Å². The van der Waals surface area contributed by atoms with Crippen LogP contribution in [0.3, 0.4) is 0 Å². The standard InChI is InChI=1S/C14H18F3NO2/c1-3-4-8-20-13(19)11-10-6-5-7-18(10)9(2)12(11)14(15,16)17/h3-8H2,1-2H3. The van der Waals surface area contributed by atoms with Crippen molar-refractivity contribution in [1.82, 2.24) is 4.57 Å². The van der Waals surface area contributed by atoms with Crippen LogP contribution in [0.25, 0.3) is 0 Å². The lowest BCUT2D eigenvalue weighted by Gasteiger charge is -2.11. The topological polar surface area (TPSA) is 31.2 Å². The second kappa shape index (κ2) is 5.50. The van der Waals surface area contributed by atoms with Gasteiger partial charge in [-0.25, -0.2) is 4.79 Å². The van der Waals surface area contributed by atoms with Crippen molar-refractivity contribution in [2.24, 2.45) is 0 Å².